The van der Waals surface area contributed by atoms with Gasteiger partial charge < -0.3 is 0 Å². The van der Waals surface area contributed by atoms with E-state index in [1.165, 1.54) is 11.3 Å². The number of rotatable bonds is 3. The summed E-state index contributed by atoms with van der Waals surface area (Å²) in [6.45, 7) is 0.511. The number of nitrogens with zero attached hydrogens (tertiary/aromatic N) is 2. The van der Waals surface area contributed by atoms with Crippen LogP contribution in [0.5, 0.6) is 0 Å². The van der Waals surface area contributed by atoms with Gasteiger partial charge >= 0.3 is 0 Å². The fraction of sp³-hybridized carbons (Fsp3) is 0.188. The van der Waals surface area contributed by atoms with Gasteiger partial charge in [-0.1, -0.05) is 36.4 Å². The van der Waals surface area contributed by atoms with E-state index < -0.39 is 12.0 Å². The van der Waals surface area contributed by atoms with Crippen molar-refractivity contribution in [3.63, 3.8) is 0 Å². The number of imide groups is 1. The van der Waals surface area contributed by atoms with Gasteiger partial charge in [0.2, 0.25) is 5.91 Å². The highest BCUT2D eigenvalue weighted by atomic mass is 32.1. The Morgan fingerprint density at radius 1 is 1.09 bits per heavy atom. The first-order chi connectivity index (χ1) is 10.7. The van der Waals surface area contributed by atoms with Crippen molar-refractivity contribution in [2.75, 3.05) is 0 Å². The second kappa shape index (κ2) is 5.06. The van der Waals surface area contributed by atoms with E-state index in [1.807, 2.05) is 47.8 Å². The van der Waals surface area contributed by atoms with Crippen molar-refractivity contribution >= 4 is 28.9 Å². The Morgan fingerprint density at radius 3 is 2.64 bits per heavy atom. The van der Waals surface area contributed by atoms with Crippen LogP contribution in [0.15, 0.2) is 52.9 Å². The summed E-state index contributed by atoms with van der Waals surface area (Å²) in [6, 6.07) is 13.1. The molecule has 6 heteroatoms. The number of thiophene rings is 1. The first-order valence-corrected chi connectivity index (χ1v) is 7.89. The van der Waals surface area contributed by atoms with E-state index >= 15 is 0 Å². The average molecular weight is 311 g/mol. The van der Waals surface area contributed by atoms with Crippen molar-refractivity contribution in [3.8, 4) is 0 Å². The van der Waals surface area contributed by atoms with Crippen molar-refractivity contribution in [2.45, 2.75) is 12.6 Å². The quantitative estimate of drug-likeness (QED) is 0.876. The third-order valence-corrected chi connectivity index (χ3v) is 4.82. The molecule has 0 spiro atoms. The Labute approximate surface area is 131 Å². The number of hydrogen-bond donors (Lipinski definition) is 1. The summed E-state index contributed by atoms with van der Waals surface area (Å²) in [7, 11) is 0. The van der Waals surface area contributed by atoms with Crippen LogP contribution in [-0.4, -0.2) is 28.6 Å². The van der Waals surface area contributed by atoms with Crippen LogP contribution in [0.2, 0.25) is 0 Å². The van der Waals surface area contributed by atoms with E-state index in [9.17, 15) is 9.59 Å². The van der Waals surface area contributed by atoms with E-state index in [1.54, 1.807) is 5.01 Å². The van der Waals surface area contributed by atoms with Gasteiger partial charge in [0.1, 0.15) is 12.0 Å². The maximum atomic E-state index is 12.1. The number of amides is 2. The van der Waals surface area contributed by atoms with E-state index in [0.29, 0.717) is 12.3 Å². The minimum atomic E-state index is -0.537. The van der Waals surface area contributed by atoms with E-state index in [-0.39, 0.29) is 11.8 Å². The standard InChI is InChI=1S/C16H13N3O2S/c20-15-12-13(11-7-4-8-22-11)18-19(14(12)16(21)17-15)9-10-5-2-1-3-6-10/h1-8,12,14H,9H2,(H,17,20,21). The van der Waals surface area contributed by atoms with Gasteiger partial charge in [-0.05, 0) is 17.0 Å². The van der Waals surface area contributed by atoms with Crippen LogP contribution >= 0.6 is 11.3 Å². The largest absolute Gasteiger partial charge is 0.294 e. The summed E-state index contributed by atoms with van der Waals surface area (Å²) >= 11 is 1.53. The van der Waals surface area contributed by atoms with Crippen LogP contribution in [0.25, 0.3) is 0 Å². The van der Waals surface area contributed by atoms with Crippen LogP contribution in [0.1, 0.15) is 10.4 Å². The van der Waals surface area contributed by atoms with Gasteiger partial charge in [-0.2, -0.15) is 5.10 Å². The Kier molecular flexibility index (Phi) is 3.04. The molecule has 4 rings (SSSR count). The summed E-state index contributed by atoms with van der Waals surface area (Å²) in [6.07, 6.45) is 0. The molecule has 2 unspecified atom stereocenters. The van der Waals surface area contributed by atoms with Crippen molar-refractivity contribution in [2.24, 2.45) is 11.0 Å². The molecular formula is C16H13N3O2S. The molecule has 2 amide bonds. The summed E-state index contributed by atoms with van der Waals surface area (Å²) in [5.41, 5.74) is 1.75. The molecule has 2 aromatic rings. The normalized spacial score (nSPS) is 23.5. The Morgan fingerprint density at radius 2 is 1.91 bits per heavy atom. The van der Waals surface area contributed by atoms with Crippen molar-refractivity contribution < 1.29 is 9.59 Å². The highest BCUT2D eigenvalue weighted by Gasteiger charge is 2.52. The Balaban J connectivity index is 1.71. The first-order valence-electron chi connectivity index (χ1n) is 7.02. The summed E-state index contributed by atoms with van der Waals surface area (Å²) in [4.78, 5) is 25.2. The third kappa shape index (κ3) is 2.03. The summed E-state index contributed by atoms with van der Waals surface area (Å²) < 4.78 is 0. The van der Waals surface area contributed by atoms with Crippen LogP contribution < -0.4 is 5.32 Å². The Bertz CT molecular complexity index is 755. The van der Waals surface area contributed by atoms with Gasteiger partial charge in [0.05, 0.1) is 17.1 Å². The van der Waals surface area contributed by atoms with Gasteiger partial charge in [0.25, 0.3) is 5.91 Å². The molecular weight excluding hydrogens is 298 g/mol. The van der Waals surface area contributed by atoms with Crippen LogP contribution in [0.3, 0.4) is 0 Å². The highest BCUT2D eigenvalue weighted by molar-refractivity contribution is 7.12. The molecule has 1 aromatic heterocycles. The van der Waals surface area contributed by atoms with Gasteiger partial charge in [0, 0.05) is 0 Å². The lowest BCUT2D eigenvalue weighted by molar-refractivity contribution is -0.126. The average Bonchev–Trinajstić information content (AvgIpc) is 3.20. The molecule has 2 atom stereocenters. The maximum absolute atomic E-state index is 12.1. The van der Waals surface area contributed by atoms with E-state index in [2.05, 4.69) is 10.4 Å². The van der Waals surface area contributed by atoms with Crippen LogP contribution in [-0.2, 0) is 16.1 Å². The molecule has 1 aromatic carbocycles. The maximum Gasteiger partial charge on any atom is 0.252 e. The smallest absolute Gasteiger partial charge is 0.252 e. The van der Waals surface area contributed by atoms with E-state index in [0.717, 1.165) is 10.4 Å². The molecule has 0 aliphatic carbocycles. The summed E-state index contributed by atoms with van der Waals surface area (Å²) in [5, 5.41) is 10.7. The zero-order chi connectivity index (χ0) is 15.1. The molecule has 1 N–H and O–H groups in total. The zero-order valence-corrected chi connectivity index (χ0v) is 12.4. The van der Waals surface area contributed by atoms with Crippen molar-refractivity contribution in [1.82, 2.24) is 10.3 Å². The molecule has 5 nitrogen and oxygen atoms in total. The molecule has 22 heavy (non-hydrogen) atoms. The number of hydrogen-bond acceptors (Lipinski definition) is 5. The third-order valence-electron chi connectivity index (χ3n) is 3.93. The minimum absolute atomic E-state index is 0.252. The number of carbonyl (C=O) groups excluding carboxylic acids is 2. The fourth-order valence-electron chi connectivity index (χ4n) is 2.94. The van der Waals surface area contributed by atoms with Crippen LogP contribution in [0.4, 0.5) is 0 Å². The predicted octanol–water partition coefficient (Wildman–Crippen LogP) is 1.61. The molecule has 2 aliphatic heterocycles. The molecule has 2 aliphatic rings. The van der Waals surface area contributed by atoms with Gasteiger partial charge in [-0.15, -0.1) is 11.3 Å². The SMILES string of the molecule is O=C1NC(=O)C2C1C(c1cccs1)=NN2Cc1ccccc1. The number of fused-ring (bicyclic) bond motifs is 1. The van der Waals surface area contributed by atoms with E-state index in [4.69, 9.17) is 0 Å². The molecule has 1 fully saturated rings. The molecule has 0 radical (unpaired) electrons. The van der Waals surface area contributed by atoms with Gasteiger partial charge in [-0.3, -0.25) is 19.9 Å². The molecule has 0 bridgehead atoms. The van der Waals surface area contributed by atoms with Crippen molar-refractivity contribution in [1.29, 1.82) is 0 Å². The topological polar surface area (TPSA) is 61.8 Å². The predicted molar refractivity (Wildman–Crippen MR) is 83.3 cm³/mol. The van der Waals surface area contributed by atoms with Crippen molar-refractivity contribution in [3.05, 3.63) is 58.3 Å². The second-order valence-corrected chi connectivity index (χ2v) is 6.27. The lowest BCUT2D eigenvalue weighted by Crippen LogP contribution is -2.37. The monoisotopic (exact) mass is 311 g/mol. The lowest BCUT2D eigenvalue weighted by atomic mass is 9.97. The number of nitrogens with one attached hydrogen (secondary N) is 1. The fourth-order valence-corrected chi connectivity index (χ4v) is 3.69. The van der Waals surface area contributed by atoms with Gasteiger partial charge in [0.15, 0.2) is 0 Å². The number of hydrazone groups is 1. The minimum Gasteiger partial charge on any atom is -0.294 e. The number of benzene rings is 1. The number of carbonyl (C=O) groups is 2. The second-order valence-electron chi connectivity index (χ2n) is 5.32. The Hall–Kier alpha value is -2.47. The molecule has 110 valence electrons. The van der Waals surface area contributed by atoms with Crippen LogP contribution in [0, 0.1) is 5.92 Å². The lowest BCUT2D eigenvalue weighted by Gasteiger charge is -2.20. The molecule has 3 heterocycles. The summed E-state index contributed by atoms with van der Waals surface area (Å²) in [5.74, 6) is -1.02. The highest BCUT2D eigenvalue weighted by Crippen LogP contribution is 2.32. The molecule has 0 saturated carbocycles. The zero-order valence-electron chi connectivity index (χ0n) is 11.6. The van der Waals surface area contributed by atoms with Gasteiger partial charge in [-0.25, -0.2) is 0 Å². The first kappa shape index (κ1) is 13.2. The molecule has 1 saturated heterocycles.